The Kier molecular flexibility index (Phi) is 2.07. The van der Waals surface area contributed by atoms with Crippen LogP contribution in [0.5, 0.6) is 0 Å². The average molecular weight is 212 g/mol. The van der Waals surface area contributed by atoms with Gasteiger partial charge in [-0.1, -0.05) is 0 Å². The predicted molar refractivity (Wildman–Crippen MR) is 41.3 cm³/mol. The van der Waals surface area contributed by atoms with Crippen LogP contribution in [0.1, 0.15) is 25.7 Å². The minimum absolute atomic E-state index is 0.0435. The number of fused-ring (bicyclic) bond motifs is 2. The number of rotatable bonds is 1. The Hall–Kier alpha value is -0.320. The van der Waals surface area contributed by atoms with Gasteiger partial charge in [0, 0.05) is 0 Å². The molecule has 0 heterocycles. The van der Waals surface area contributed by atoms with Crippen LogP contribution < -0.4 is 0 Å². The number of aliphatic hydroxyl groups is 1. The van der Waals surface area contributed by atoms with Crippen LogP contribution >= 0.6 is 0 Å². The van der Waals surface area contributed by atoms with Crippen molar-refractivity contribution in [3.63, 3.8) is 0 Å². The molecular formula is C9H12F4O. The lowest BCUT2D eigenvalue weighted by atomic mass is 9.81. The zero-order valence-electron chi connectivity index (χ0n) is 7.52. The maximum Gasteiger partial charge on any atom is 0.417 e. The van der Waals surface area contributed by atoms with Crippen molar-refractivity contribution < 1.29 is 22.7 Å². The zero-order valence-corrected chi connectivity index (χ0v) is 7.52. The van der Waals surface area contributed by atoms with Crippen LogP contribution in [-0.4, -0.2) is 23.1 Å². The van der Waals surface area contributed by atoms with E-state index in [9.17, 15) is 17.6 Å². The van der Waals surface area contributed by atoms with E-state index in [0.717, 1.165) is 6.42 Å². The quantitative estimate of drug-likeness (QED) is 0.662. The van der Waals surface area contributed by atoms with E-state index in [1.165, 1.54) is 0 Å². The van der Waals surface area contributed by atoms with Gasteiger partial charge in [0.25, 0.3) is 0 Å². The highest BCUT2D eigenvalue weighted by Gasteiger charge is 2.62. The fourth-order valence-electron chi connectivity index (χ4n) is 2.91. The second-order valence-electron chi connectivity index (χ2n) is 4.45. The summed E-state index contributed by atoms with van der Waals surface area (Å²) in [6, 6.07) is 0. The van der Waals surface area contributed by atoms with Gasteiger partial charge in [-0.15, -0.1) is 0 Å². The summed E-state index contributed by atoms with van der Waals surface area (Å²) in [6.45, 7) is 0. The van der Waals surface area contributed by atoms with E-state index in [1.54, 1.807) is 0 Å². The highest BCUT2D eigenvalue weighted by atomic mass is 19.4. The van der Waals surface area contributed by atoms with Crippen molar-refractivity contribution in [1.29, 1.82) is 0 Å². The molecule has 4 atom stereocenters. The van der Waals surface area contributed by atoms with E-state index in [1.807, 2.05) is 0 Å². The molecule has 2 aliphatic rings. The molecule has 5 heteroatoms. The van der Waals surface area contributed by atoms with E-state index in [0.29, 0.717) is 12.8 Å². The first kappa shape index (κ1) is 10.2. The maximum absolute atomic E-state index is 13.9. The molecule has 1 N–H and O–H groups in total. The number of hydrogen-bond acceptors (Lipinski definition) is 1. The van der Waals surface area contributed by atoms with Crippen LogP contribution in [0.15, 0.2) is 0 Å². The molecule has 0 amide bonds. The van der Waals surface area contributed by atoms with Gasteiger partial charge in [-0.2, -0.15) is 13.2 Å². The van der Waals surface area contributed by atoms with Crippen LogP contribution in [-0.2, 0) is 0 Å². The molecule has 2 bridgehead atoms. The average Bonchev–Trinajstić information content (AvgIpc) is 2.60. The van der Waals surface area contributed by atoms with Gasteiger partial charge < -0.3 is 5.11 Å². The van der Waals surface area contributed by atoms with E-state index < -0.39 is 23.9 Å². The van der Waals surface area contributed by atoms with Crippen molar-refractivity contribution in [3.05, 3.63) is 0 Å². The van der Waals surface area contributed by atoms with E-state index >= 15 is 0 Å². The fourth-order valence-corrected chi connectivity index (χ4v) is 2.91. The fraction of sp³-hybridized carbons (Fsp3) is 1.00. The van der Waals surface area contributed by atoms with Crippen LogP contribution in [0.2, 0.25) is 0 Å². The minimum atomic E-state index is -4.83. The Balaban J connectivity index is 2.17. The van der Waals surface area contributed by atoms with Gasteiger partial charge >= 0.3 is 6.18 Å². The summed E-state index contributed by atoms with van der Waals surface area (Å²) >= 11 is 0. The van der Waals surface area contributed by atoms with Crippen LogP contribution in [0.4, 0.5) is 17.6 Å². The summed E-state index contributed by atoms with van der Waals surface area (Å²) in [4.78, 5) is 0. The molecule has 2 saturated carbocycles. The van der Waals surface area contributed by atoms with E-state index in [2.05, 4.69) is 0 Å². The molecule has 4 unspecified atom stereocenters. The molecule has 0 saturated heterocycles. The highest BCUT2D eigenvalue weighted by Crippen LogP contribution is 2.56. The second kappa shape index (κ2) is 2.84. The lowest BCUT2D eigenvalue weighted by Crippen LogP contribution is -2.50. The molecule has 0 spiro atoms. The van der Waals surface area contributed by atoms with Crippen molar-refractivity contribution in [3.8, 4) is 0 Å². The first-order valence-corrected chi connectivity index (χ1v) is 4.77. The molecule has 0 radical (unpaired) electrons. The monoisotopic (exact) mass is 212 g/mol. The summed E-state index contributed by atoms with van der Waals surface area (Å²) in [5, 5.41) is 8.97. The summed E-state index contributed by atoms with van der Waals surface area (Å²) in [5.74, 6) is -0.550. The number of aliphatic hydroxyl groups excluding tert-OH is 1. The normalized spacial score (nSPS) is 44.4. The summed E-state index contributed by atoms with van der Waals surface area (Å²) < 4.78 is 50.5. The smallest absolute Gasteiger partial charge is 0.381 e. The molecule has 2 aliphatic carbocycles. The highest BCUT2D eigenvalue weighted by molar-refractivity contribution is 5.06. The topological polar surface area (TPSA) is 20.2 Å². The van der Waals surface area contributed by atoms with Crippen molar-refractivity contribution in [2.75, 3.05) is 0 Å². The van der Waals surface area contributed by atoms with Gasteiger partial charge in [-0.05, 0) is 37.5 Å². The van der Waals surface area contributed by atoms with Crippen molar-refractivity contribution in [2.45, 2.75) is 43.6 Å². The number of alkyl halides is 4. The van der Waals surface area contributed by atoms with Crippen molar-refractivity contribution in [1.82, 2.24) is 0 Å². The molecular weight excluding hydrogens is 200 g/mol. The molecule has 0 aromatic heterocycles. The Morgan fingerprint density at radius 1 is 1.29 bits per heavy atom. The zero-order chi connectivity index (χ0) is 10.6. The Morgan fingerprint density at radius 2 is 1.93 bits per heavy atom. The summed E-state index contributed by atoms with van der Waals surface area (Å²) in [6.07, 6.45) is -5.97. The first-order chi connectivity index (χ1) is 6.34. The SMILES string of the molecule is OC(C(F)(F)F)C1(F)CC2CCC1C2. The lowest BCUT2D eigenvalue weighted by Gasteiger charge is -2.34. The number of halogens is 4. The molecule has 2 fully saturated rings. The molecule has 0 aromatic rings. The van der Waals surface area contributed by atoms with E-state index in [-0.39, 0.29) is 12.3 Å². The van der Waals surface area contributed by atoms with Gasteiger partial charge in [0.15, 0.2) is 6.10 Å². The number of hydrogen-bond donors (Lipinski definition) is 1. The standard InChI is InChI=1S/C9H12F4O/c10-8(7(14)9(11,12)13)4-5-1-2-6(8)3-5/h5-7,14H,1-4H2. The summed E-state index contributed by atoms with van der Waals surface area (Å²) in [5.41, 5.74) is -2.42. The van der Waals surface area contributed by atoms with Crippen molar-refractivity contribution in [2.24, 2.45) is 11.8 Å². The van der Waals surface area contributed by atoms with Crippen LogP contribution in [0, 0.1) is 11.8 Å². The molecule has 0 aliphatic heterocycles. The Labute approximate surface area is 79.1 Å². The Morgan fingerprint density at radius 3 is 2.29 bits per heavy atom. The van der Waals surface area contributed by atoms with Crippen LogP contribution in [0.25, 0.3) is 0 Å². The molecule has 1 nitrogen and oxygen atoms in total. The van der Waals surface area contributed by atoms with Gasteiger partial charge in [0.2, 0.25) is 0 Å². The van der Waals surface area contributed by atoms with Crippen LogP contribution in [0.3, 0.4) is 0 Å². The second-order valence-corrected chi connectivity index (χ2v) is 4.45. The molecule has 82 valence electrons. The van der Waals surface area contributed by atoms with Crippen molar-refractivity contribution >= 4 is 0 Å². The third-order valence-electron chi connectivity index (χ3n) is 3.59. The lowest BCUT2D eigenvalue weighted by molar-refractivity contribution is -0.249. The van der Waals surface area contributed by atoms with E-state index in [4.69, 9.17) is 5.11 Å². The van der Waals surface area contributed by atoms with Gasteiger partial charge in [0.05, 0.1) is 0 Å². The Bertz CT molecular complexity index is 239. The third kappa shape index (κ3) is 1.33. The van der Waals surface area contributed by atoms with Gasteiger partial charge in [-0.3, -0.25) is 0 Å². The van der Waals surface area contributed by atoms with Gasteiger partial charge in [-0.25, -0.2) is 4.39 Å². The van der Waals surface area contributed by atoms with Gasteiger partial charge in [0.1, 0.15) is 5.67 Å². The minimum Gasteiger partial charge on any atom is -0.381 e. The molecule has 14 heavy (non-hydrogen) atoms. The third-order valence-corrected chi connectivity index (χ3v) is 3.59. The molecule has 0 aromatic carbocycles. The summed E-state index contributed by atoms with van der Waals surface area (Å²) in [7, 11) is 0. The predicted octanol–water partition coefficient (Wildman–Crippen LogP) is 2.44. The largest absolute Gasteiger partial charge is 0.417 e. The molecule has 2 rings (SSSR count). The first-order valence-electron chi connectivity index (χ1n) is 4.77. The maximum atomic E-state index is 13.9.